The summed E-state index contributed by atoms with van der Waals surface area (Å²) >= 11 is 0. The highest BCUT2D eigenvalue weighted by Crippen LogP contribution is 2.19. The zero-order chi connectivity index (χ0) is 16.8. The number of anilines is 3. The monoisotopic (exact) mass is 319 g/mol. The van der Waals surface area contributed by atoms with Crippen LogP contribution in [0.3, 0.4) is 0 Å². The van der Waals surface area contributed by atoms with Crippen molar-refractivity contribution in [3.63, 3.8) is 0 Å². The number of nitrogens with one attached hydrogen (secondary N) is 2. The molecule has 0 saturated carbocycles. The van der Waals surface area contributed by atoms with Crippen LogP contribution < -0.4 is 10.6 Å². The average molecular weight is 319 g/mol. The number of aromatic nitrogens is 3. The Kier molecular flexibility index (Phi) is 5.01. The van der Waals surface area contributed by atoms with E-state index >= 15 is 0 Å². The maximum absolute atomic E-state index is 4.49. The lowest BCUT2D eigenvalue weighted by Crippen LogP contribution is -2.06. The van der Waals surface area contributed by atoms with Gasteiger partial charge in [-0.3, -0.25) is 0 Å². The maximum atomic E-state index is 4.49. The van der Waals surface area contributed by atoms with Gasteiger partial charge >= 0.3 is 0 Å². The molecule has 0 fully saturated rings. The summed E-state index contributed by atoms with van der Waals surface area (Å²) in [5.41, 5.74) is 4.69. The summed E-state index contributed by atoms with van der Waals surface area (Å²) in [6, 6.07) is 16.5. The lowest BCUT2D eigenvalue weighted by molar-refractivity contribution is 0.964. The zero-order valence-corrected chi connectivity index (χ0v) is 14.0. The van der Waals surface area contributed by atoms with E-state index in [0.29, 0.717) is 18.3 Å². The van der Waals surface area contributed by atoms with Crippen LogP contribution in [0.5, 0.6) is 0 Å². The number of rotatable bonds is 6. The van der Waals surface area contributed by atoms with Crippen molar-refractivity contribution in [2.45, 2.75) is 26.8 Å². The molecule has 122 valence electrons. The molecule has 2 aromatic carbocycles. The largest absolute Gasteiger partial charge is 0.365 e. The molecule has 5 nitrogen and oxygen atoms in total. The summed E-state index contributed by atoms with van der Waals surface area (Å²) in [5, 5.41) is 14.6. The Morgan fingerprint density at radius 2 is 1.92 bits per heavy atom. The van der Waals surface area contributed by atoms with Gasteiger partial charge in [-0.25, -0.2) is 0 Å². The van der Waals surface area contributed by atoms with Gasteiger partial charge in [-0.15, -0.1) is 5.10 Å². The first kappa shape index (κ1) is 15.9. The molecule has 2 N–H and O–H groups in total. The Morgan fingerprint density at radius 3 is 2.75 bits per heavy atom. The quantitative estimate of drug-likeness (QED) is 0.716. The Labute approximate surface area is 142 Å². The zero-order valence-electron chi connectivity index (χ0n) is 14.0. The van der Waals surface area contributed by atoms with E-state index in [0.717, 1.165) is 12.1 Å². The van der Waals surface area contributed by atoms with E-state index in [1.807, 2.05) is 18.2 Å². The van der Waals surface area contributed by atoms with Crippen molar-refractivity contribution >= 4 is 17.5 Å². The molecule has 1 aromatic heterocycles. The molecule has 3 rings (SSSR count). The summed E-state index contributed by atoms with van der Waals surface area (Å²) in [6.45, 7) is 4.91. The summed E-state index contributed by atoms with van der Waals surface area (Å²) < 4.78 is 0. The number of para-hydroxylation sites is 1. The topological polar surface area (TPSA) is 62.7 Å². The van der Waals surface area contributed by atoms with E-state index in [9.17, 15) is 0 Å². The minimum absolute atomic E-state index is 0.491. The minimum atomic E-state index is 0.491. The van der Waals surface area contributed by atoms with Crippen molar-refractivity contribution in [1.82, 2.24) is 15.2 Å². The van der Waals surface area contributed by atoms with Gasteiger partial charge in [0.05, 0.1) is 6.20 Å². The van der Waals surface area contributed by atoms with Crippen LogP contribution in [0, 0.1) is 6.92 Å². The SMILES string of the molecule is CCc1ccccc1Nc1nncc(NCc2cccc(C)c2)n1. The molecule has 0 spiro atoms. The minimum Gasteiger partial charge on any atom is -0.365 e. The molecule has 0 unspecified atom stereocenters. The van der Waals surface area contributed by atoms with Crippen LogP contribution in [-0.2, 0) is 13.0 Å². The van der Waals surface area contributed by atoms with Crippen LogP contribution in [0.15, 0.2) is 54.7 Å². The first-order valence-corrected chi connectivity index (χ1v) is 8.08. The smallest absolute Gasteiger partial charge is 0.249 e. The van der Waals surface area contributed by atoms with Crippen molar-refractivity contribution in [1.29, 1.82) is 0 Å². The standard InChI is InChI=1S/C19H21N5/c1-3-16-9-4-5-10-17(16)22-19-23-18(13-21-24-19)20-12-15-8-6-7-14(2)11-15/h4-11,13H,3,12H2,1-2H3,(H2,20,22,23,24). The van der Waals surface area contributed by atoms with Crippen LogP contribution >= 0.6 is 0 Å². The molecular formula is C19H21N5. The molecule has 0 aliphatic heterocycles. The normalized spacial score (nSPS) is 10.4. The summed E-state index contributed by atoms with van der Waals surface area (Å²) in [6.07, 6.45) is 2.58. The van der Waals surface area contributed by atoms with Gasteiger partial charge in [0, 0.05) is 12.2 Å². The van der Waals surface area contributed by atoms with Crippen LogP contribution in [-0.4, -0.2) is 15.2 Å². The summed E-state index contributed by atoms with van der Waals surface area (Å²) in [4.78, 5) is 4.49. The number of hydrogen-bond donors (Lipinski definition) is 2. The highest BCUT2D eigenvalue weighted by molar-refractivity contribution is 5.58. The lowest BCUT2D eigenvalue weighted by Gasteiger charge is -2.10. The number of aryl methyl sites for hydroxylation is 2. The van der Waals surface area contributed by atoms with Gasteiger partial charge in [-0.05, 0) is 30.5 Å². The third-order valence-electron chi connectivity index (χ3n) is 3.76. The van der Waals surface area contributed by atoms with Crippen molar-refractivity contribution in [2.75, 3.05) is 10.6 Å². The average Bonchev–Trinajstić information content (AvgIpc) is 2.61. The Morgan fingerprint density at radius 1 is 1.04 bits per heavy atom. The summed E-state index contributed by atoms with van der Waals surface area (Å²) in [5.74, 6) is 1.19. The maximum Gasteiger partial charge on any atom is 0.249 e. The molecule has 0 saturated heterocycles. The van der Waals surface area contributed by atoms with Gasteiger partial charge in [0.1, 0.15) is 0 Å². The highest BCUT2D eigenvalue weighted by Gasteiger charge is 2.04. The third-order valence-corrected chi connectivity index (χ3v) is 3.76. The molecule has 0 radical (unpaired) electrons. The van der Waals surface area contributed by atoms with E-state index in [2.05, 4.69) is 70.0 Å². The van der Waals surface area contributed by atoms with E-state index in [1.165, 1.54) is 16.7 Å². The van der Waals surface area contributed by atoms with Gasteiger partial charge < -0.3 is 10.6 Å². The van der Waals surface area contributed by atoms with Crippen LogP contribution in [0.1, 0.15) is 23.6 Å². The lowest BCUT2D eigenvalue weighted by atomic mass is 10.1. The van der Waals surface area contributed by atoms with Crippen molar-refractivity contribution in [2.24, 2.45) is 0 Å². The third kappa shape index (κ3) is 4.07. The molecular weight excluding hydrogens is 298 g/mol. The van der Waals surface area contributed by atoms with Gasteiger partial charge in [0.2, 0.25) is 5.95 Å². The predicted molar refractivity (Wildman–Crippen MR) is 97.4 cm³/mol. The Bertz CT molecular complexity index is 816. The molecule has 0 atom stereocenters. The van der Waals surface area contributed by atoms with Crippen molar-refractivity contribution < 1.29 is 0 Å². The molecule has 5 heteroatoms. The van der Waals surface area contributed by atoms with E-state index < -0.39 is 0 Å². The van der Waals surface area contributed by atoms with Crippen molar-refractivity contribution in [3.05, 3.63) is 71.4 Å². The van der Waals surface area contributed by atoms with E-state index in [4.69, 9.17) is 0 Å². The fraction of sp³-hybridized carbons (Fsp3) is 0.211. The second kappa shape index (κ2) is 7.55. The van der Waals surface area contributed by atoms with Crippen LogP contribution in [0.4, 0.5) is 17.5 Å². The molecule has 3 aromatic rings. The molecule has 1 heterocycles. The second-order valence-electron chi connectivity index (χ2n) is 5.64. The first-order chi connectivity index (χ1) is 11.7. The molecule has 0 amide bonds. The Balaban J connectivity index is 1.70. The molecule has 0 bridgehead atoms. The molecule has 24 heavy (non-hydrogen) atoms. The first-order valence-electron chi connectivity index (χ1n) is 8.08. The van der Waals surface area contributed by atoms with Gasteiger partial charge in [-0.1, -0.05) is 55.0 Å². The number of benzene rings is 2. The van der Waals surface area contributed by atoms with Crippen molar-refractivity contribution in [3.8, 4) is 0 Å². The van der Waals surface area contributed by atoms with Gasteiger partial charge in [0.25, 0.3) is 0 Å². The van der Waals surface area contributed by atoms with Crippen LogP contribution in [0.25, 0.3) is 0 Å². The van der Waals surface area contributed by atoms with Gasteiger partial charge in [-0.2, -0.15) is 10.1 Å². The van der Waals surface area contributed by atoms with Crippen LogP contribution in [0.2, 0.25) is 0 Å². The molecule has 0 aliphatic rings. The number of nitrogens with zero attached hydrogens (tertiary/aromatic N) is 3. The summed E-state index contributed by atoms with van der Waals surface area (Å²) in [7, 11) is 0. The van der Waals surface area contributed by atoms with Gasteiger partial charge in [0.15, 0.2) is 5.82 Å². The molecule has 0 aliphatic carbocycles. The fourth-order valence-corrected chi connectivity index (χ4v) is 2.53. The number of hydrogen-bond acceptors (Lipinski definition) is 5. The Hall–Kier alpha value is -2.95. The second-order valence-corrected chi connectivity index (χ2v) is 5.64. The predicted octanol–water partition coefficient (Wildman–Crippen LogP) is 4.10. The van der Waals surface area contributed by atoms with E-state index in [1.54, 1.807) is 6.20 Å². The highest BCUT2D eigenvalue weighted by atomic mass is 15.3. The van der Waals surface area contributed by atoms with E-state index in [-0.39, 0.29) is 0 Å². The fourth-order valence-electron chi connectivity index (χ4n) is 2.53.